The van der Waals surface area contributed by atoms with Gasteiger partial charge in [0, 0.05) is 18.4 Å². The highest BCUT2D eigenvalue weighted by Crippen LogP contribution is 2.27. The van der Waals surface area contributed by atoms with Gasteiger partial charge in [-0.25, -0.2) is 0 Å². The smallest absolute Gasteiger partial charge is 0.0326 e. The van der Waals surface area contributed by atoms with Crippen LogP contribution in [-0.4, -0.2) is 12.0 Å². The molecule has 0 aliphatic rings. The zero-order valence-corrected chi connectivity index (χ0v) is 12.3. The second-order valence-electron chi connectivity index (χ2n) is 5.31. The van der Waals surface area contributed by atoms with Gasteiger partial charge in [0.15, 0.2) is 0 Å². The van der Waals surface area contributed by atoms with Crippen molar-refractivity contribution < 1.29 is 0 Å². The maximum atomic E-state index is 4.19. The van der Waals surface area contributed by atoms with Crippen LogP contribution in [0.25, 0.3) is 10.8 Å². The van der Waals surface area contributed by atoms with Crippen LogP contribution in [0.2, 0.25) is 0 Å². The summed E-state index contributed by atoms with van der Waals surface area (Å²) in [4.78, 5) is 4.19. The molecule has 1 heterocycles. The van der Waals surface area contributed by atoms with E-state index in [0.29, 0.717) is 6.04 Å². The maximum absolute atomic E-state index is 4.19. The highest BCUT2D eigenvalue weighted by molar-refractivity contribution is 5.86. The molecule has 21 heavy (non-hydrogen) atoms. The van der Waals surface area contributed by atoms with E-state index in [9.17, 15) is 0 Å². The molecule has 0 fully saturated rings. The van der Waals surface area contributed by atoms with E-state index >= 15 is 0 Å². The zero-order valence-electron chi connectivity index (χ0n) is 12.3. The molecule has 106 valence electrons. The van der Waals surface area contributed by atoms with Crippen molar-refractivity contribution >= 4 is 10.8 Å². The van der Waals surface area contributed by atoms with Crippen LogP contribution in [0.1, 0.15) is 23.6 Å². The summed E-state index contributed by atoms with van der Waals surface area (Å²) in [5.41, 5.74) is 2.66. The summed E-state index contributed by atoms with van der Waals surface area (Å²) in [5, 5.41) is 6.10. The molecule has 0 amide bonds. The topological polar surface area (TPSA) is 24.9 Å². The lowest BCUT2D eigenvalue weighted by Gasteiger charge is -2.18. The molecule has 1 atom stereocenters. The van der Waals surface area contributed by atoms with Gasteiger partial charge in [-0.3, -0.25) is 4.98 Å². The maximum Gasteiger partial charge on any atom is 0.0326 e. The molecule has 2 aromatic carbocycles. The van der Waals surface area contributed by atoms with E-state index in [1.807, 2.05) is 25.5 Å². The van der Waals surface area contributed by atoms with Crippen molar-refractivity contribution in [1.82, 2.24) is 10.3 Å². The Kier molecular flexibility index (Phi) is 4.27. The van der Waals surface area contributed by atoms with E-state index in [4.69, 9.17) is 0 Å². The Balaban J connectivity index is 1.85. The van der Waals surface area contributed by atoms with Gasteiger partial charge in [-0.1, -0.05) is 48.5 Å². The van der Waals surface area contributed by atoms with Crippen molar-refractivity contribution in [3.8, 4) is 0 Å². The number of nitrogens with one attached hydrogen (secondary N) is 1. The molecule has 0 saturated carbocycles. The lowest BCUT2D eigenvalue weighted by Crippen LogP contribution is -2.17. The molecule has 0 spiro atoms. The predicted octanol–water partition coefficient (Wildman–Crippen LogP) is 4.13. The van der Waals surface area contributed by atoms with Crippen molar-refractivity contribution in [3.63, 3.8) is 0 Å². The molecule has 0 aliphatic carbocycles. The van der Waals surface area contributed by atoms with Crippen molar-refractivity contribution in [2.75, 3.05) is 7.05 Å². The highest BCUT2D eigenvalue weighted by Gasteiger charge is 2.12. The van der Waals surface area contributed by atoms with Crippen LogP contribution in [0, 0.1) is 0 Å². The monoisotopic (exact) mass is 276 g/mol. The lowest BCUT2D eigenvalue weighted by molar-refractivity contribution is 0.552. The fourth-order valence-electron chi connectivity index (χ4n) is 2.87. The molecule has 0 saturated heterocycles. The first kappa shape index (κ1) is 13.8. The number of hydrogen-bond acceptors (Lipinski definition) is 2. The summed E-state index contributed by atoms with van der Waals surface area (Å²) in [5.74, 6) is 0. The van der Waals surface area contributed by atoms with E-state index < -0.39 is 0 Å². The van der Waals surface area contributed by atoms with Crippen LogP contribution in [0.3, 0.4) is 0 Å². The third-order valence-electron chi connectivity index (χ3n) is 3.99. The molecular weight excluding hydrogens is 256 g/mol. The molecule has 2 nitrogen and oxygen atoms in total. The predicted molar refractivity (Wildman–Crippen MR) is 88.3 cm³/mol. The minimum Gasteiger partial charge on any atom is -0.313 e. The zero-order chi connectivity index (χ0) is 14.5. The summed E-state index contributed by atoms with van der Waals surface area (Å²) in [6, 6.07) is 19.6. The van der Waals surface area contributed by atoms with Crippen LogP contribution >= 0.6 is 0 Å². The molecule has 3 rings (SSSR count). The number of fused-ring (bicyclic) bond motifs is 1. The molecule has 3 aromatic rings. The minimum absolute atomic E-state index is 0.358. The molecule has 0 radical (unpaired) electrons. The number of hydrogen-bond donors (Lipinski definition) is 1. The van der Waals surface area contributed by atoms with Crippen molar-refractivity contribution in [2.24, 2.45) is 0 Å². The van der Waals surface area contributed by atoms with Crippen LogP contribution in [0.15, 0.2) is 67.0 Å². The average Bonchev–Trinajstić information content (AvgIpc) is 2.56. The Bertz CT molecular complexity index is 702. The average molecular weight is 276 g/mol. The van der Waals surface area contributed by atoms with Gasteiger partial charge < -0.3 is 5.32 Å². The Hall–Kier alpha value is -2.19. The SMILES string of the molecule is CNC(CCc1cccnc1)c1cccc2ccccc12. The third-order valence-corrected chi connectivity index (χ3v) is 3.99. The van der Waals surface area contributed by atoms with Gasteiger partial charge in [-0.15, -0.1) is 0 Å². The fourth-order valence-corrected chi connectivity index (χ4v) is 2.87. The van der Waals surface area contributed by atoms with Crippen LogP contribution < -0.4 is 5.32 Å². The third kappa shape index (κ3) is 3.11. The molecule has 1 unspecified atom stereocenters. The largest absolute Gasteiger partial charge is 0.313 e. The van der Waals surface area contributed by atoms with E-state index in [-0.39, 0.29) is 0 Å². The van der Waals surface area contributed by atoms with Gasteiger partial charge in [0.05, 0.1) is 0 Å². The Morgan fingerprint density at radius 2 is 1.86 bits per heavy atom. The first-order valence-electron chi connectivity index (χ1n) is 7.42. The van der Waals surface area contributed by atoms with Crippen LogP contribution in [-0.2, 0) is 6.42 Å². The summed E-state index contributed by atoms with van der Waals surface area (Å²) < 4.78 is 0. The molecular formula is C19H20N2. The van der Waals surface area contributed by atoms with Gasteiger partial charge in [0.25, 0.3) is 0 Å². The molecule has 0 bridgehead atoms. The summed E-state index contributed by atoms with van der Waals surface area (Å²) in [6.07, 6.45) is 5.87. The molecule has 2 heteroatoms. The van der Waals surface area contributed by atoms with Gasteiger partial charge in [0.1, 0.15) is 0 Å². The quantitative estimate of drug-likeness (QED) is 0.758. The number of benzene rings is 2. The van der Waals surface area contributed by atoms with Crippen molar-refractivity contribution in [2.45, 2.75) is 18.9 Å². The van der Waals surface area contributed by atoms with Gasteiger partial charge in [-0.2, -0.15) is 0 Å². The summed E-state index contributed by atoms with van der Waals surface area (Å²) in [6.45, 7) is 0. The number of aryl methyl sites for hydroxylation is 1. The number of rotatable bonds is 5. The van der Waals surface area contributed by atoms with E-state index in [1.54, 1.807) is 0 Å². The second-order valence-corrected chi connectivity index (χ2v) is 5.31. The van der Waals surface area contributed by atoms with Crippen LogP contribution in [0.4, 0.5) is 0 Å². The number of pyridine rings is 1. The molecule has 1 aromatic heterocycles. The summed E-state index contributed by atoms with van der Waals surface area (Å²) in [7, 11) is 2.04. The first-order valence-corrected chi connectivity index (χ1v) is 7.42. The van der Waals surface area contributed by atoms with E-state index in [2.05, 4.69) is 58.8 Å². The molecule has 0 aliphatic heterocycles. The Morgan fingerprint density at radius 1 is 1.00 bits per heavy atom. The lowest BCUT2D eigenvalue weighted by atomic mass is 9.95. The fraction of sp³-hybridized carbons (Fsp3) is 0.211. The minimum atomic E-state index is 0.358. The van der Waals surface area contributed by atoms with Gasteiger partial charge >= 0.3 is 0 Å². The first-order chi connectivity index (χ1) is 10.4. The van der Waals surface area contributed by atoms with E-state index in [1.165, 1.54) is 21.9 Å². The number of nitrogens with zero attached hydrogens (tertiary/aromatic N) is 1. The van der Waals surface area contributed by atoms with Gasteiger partial charge in [-0.05, 0) is 47.9 Å². The standard InChI is InChI=1S/C19H20N2/c1-20-19(12-11-15-6-5-13-21-14-15)18-10-4-8-16-7-2-3-9-17(16)18/h2-10,13-14,19-20H,11-12H2,1H3. The van der Waals surface area contributed by atoms with Crippen LogP contribution in [0.5, 0.6) is 0 Å². The Labute approximate surface area is 125 Å². The normalized spacial score (nSPS) is 12.4. The molecule has 1 N–H and O–H groups in total. The Morgan fingerprint density at radius 3 is 2.67 bits per heavy atom. The highest BCUT2D eigenvalue weighted by atomic mass is 14.9. The van der Waals surface area contributed by atoms with Gasteiger partial charge in [0.2, 0.25) is 0 Å². The van der Waals surface area contributed by atoms with E-state index in [0.717, 1.165) is 12.8 Å². The van der Waals surface area contributed by atoms with Crippen molar-refractivity contribution in [1.29, 1.82) is 0 Å². The van der Waals surface area contributed by atoms with Crippen molar-refractivity contribution in [3.05, 3.63) is 78.1 Å². The second kappa shape index (κ2) is 6.51. The number of aromatic nitrogens is 1. The summed E-state index contributed by atoms with van der Waals surface area (Å²) >= 11 is 0.